The van der Waals surface area contributed by atoms with Gasteiger partial charge in [-0.05, 0) is 36.8 Å². The highest BCUT2D eigenvalue weighted by Gasteiger charge is 2.21. The van der Waals surface area contributed by atoms with Gasteiger partial charge in [0.25, 0.3) is 5.91 Å². The molecule has 6 heteroatoms. The summed E-state index contributed by atoms with van der Waals surface area (Å²) in [6, 6.07) is 11.7. The van der Waals surface area contributed by atoms with Crippen LogP contribution in [0.15, 0.2) is 48.8 Å². The topological polar surface area (TPSA) is 65.5 Å². The molecule has 0 radical (unpaired) electrons. The smallest absolute Gasteiger partial charge is 0.251 e. The van der Waals surface area contributed by atoms with Crippen molar-refractivity contribution in [1.82, 2.24) is 15.2 Å². The number of nitrogens with zero attached hydrogens (tertiary/aromatic N) is 3. The van der Waals surface area contributed by atoms with E-state index in [-0.39, 0.29) is 11.8 Å². The highest BCUT2D eigenvalue weighted by atomic mass is 16.2. The van der Waals surface area contributed by atoms with Crippen molar-refractivity contribution in [3.05, 3.63) is 59.9 Å². The zero-order chi connectivity index (χ0) is 18.4. The van der Waals surface area contributed by atoms with Gasteiger partial charge >= 0.3 is 0 Å². The molecule has 1 N–H and O–H groups in total. The first-order valence-corrected chi connectivity index (χ1v) is 8.91. The van der Waals surface area contributed by atoms with E-state index in [1.54, 1.807) is 24.5 Å². The quantitative estimate of drug-likeness (QED) is 0.892. The zero-order valence-corrected chi connectivity index (χ0v) is 15.0. The second-order valence-corrected chi connectivity index (χ2v) is 6.45. The number of aryl methyl sites for hydroxylation is 1. The van der Waals surface area contributed by atoms with Crippen LogP contribution < -0.4 is 10.2 Å². The summed E-state index contributed by atoms with van der Waals surface area (Å²) < 4.78 is 0. The molecule has 1 aliphatic heterocycles. The molecular formula is C20H24N4O2. The Morgan fingerprint density at radius 2 is 1.81 bits per heavy atom. The first kappa shape index (κ1) is 17.9. The van der Waals surface area contributed by atoms with Gasteiger partial charge in [0, 0.05) is 62.8 Å². The van der Waals surface area contributed by atoms with E-state index < -0.39 is 0 Å². The van der Waals surface area contributed by atoms with E-state index in [0.29, 0.717) is 31.6 Å². The lowest BCUT2D eigenvalue weighted by Crippen LogP contribution is -2.49. The Balaban J connectivity index is 1.42. The molecule has 2 heterocycles. The number of rotatable bonds is 5. The van der Waals surface area contributed by atoms with Crippen molar-refractivity contribution in [2.45, 2.75) is 13.3 Å². The van der Waals surface area contributed by atoms with Crippen LogP contribution in [0.1, 0.15) is 22.3 Å². The first-order chi connectivity index (χ1) is 12.6. The van der Waals surface area contributed by atoms with Crippen LogP contribution >= 0.6 is 0 Å². The van der Waals surface area contributed by atoms with Gasteiger partial charge in [-0.2, -0.15) is 0 Å². The number of hydrogen-bond acceptors (Lipinski definition) is 4. The number of hydrogen-bond donors (Lipinski definition) is 1. The van der Waals surface area contributed by atoms with Gasteiger partial charge in [0.05, 0.1) is 0 Å². The lowest BCUT2D eigenvalue weighted by atomic mass is 10.2. The van der Waals surface area contributed by atoms with E-state index in [2.05, 4.69) is 46.4 Å². The predicted molar refractivity (Wildman–Crippen MR) is 101 cm³/mol. The summed E-state index contributed by atoms with van der Waals surface area (Å²) in [6.07, 6.45) is 3.48. The molecule has 6 nitrogen and oxygen atoms in total. The number of anilines is 1. The Hall–Kier alpha value is -2.89. The van der Waals surface area contributed by atoms with Crippen molar-refractivity contribution in [2.24, 2.45) is 0 Å². The molecular weight excluding hydrogens is 328 g/mol. The average molecular weight is 352 g/mol. The minimum Gasteiger partial charge on any atom is -0.368 e. The van der Waals surface area contributed by atoms with Crippen LogP contribution in [0, 0.1) is 6.92 Å². The fourth-order valence-corrected chi connectivity index (χ4v) is 3.09. The molecule has 1 fully saturated rings. The minimum absolute atomic E-state index is 0.0870. The molecule has 0 spiro atoms. The molecule has 0 unspecified atom stereocenters. The normalized spacial score (nSPS) is 14.2. The van der Waals surface area contributed by atoms with Gasteiger partial charge in [-0.3, -0.25) is 14.6 Å². The number of amides is 2. The second-order valence-electron chi connectivity index (χ2n) is 6.45. The van der Waals surface area contributed by atoms with Crippen LogP contribution in [-0.4, -0.2) is 54.4 Å². The SMILES string of the molecule is Cc1cccc(N2CCN(C(=O)CCNC(=O)c3ccncc3)CC2)c1. The lowest BCUT2D eigenvalue weighted by molar-refractivity contribution is -0.131. The summed E-state index contributed by atoms with van der Waals surface area (Å²) in [5.41, 5.74) is 3.01. The maximum atomic E-state index is 12.4. The van der Waals surface area contributed by atoms with Gasteiger partial charge in [-0.25, -0.2) is 0 Å². The molecule has 1 aliphatic rings. The van der Waals surface area contributed by atoms with Gasteiger partial charge in [-0.1, -0.05) is 12.1 Å². The monoisotopic (exact) mass is 352 g/mol. The fraction of sp³-hybridized carbons (Fsp3) is 0.350. The van der Waals surface area contributed by atoms with Crippen LogP contribution in [0.5, 0.6) is 0 Å². The number of piperazine rings is 1. The van der Waals surface area contributed by atoms with E-state index in [9.17, 15) is 9.59 Å². The van der Waals surface area contributed by atoms with Crippen LogP contribution in [0.25, 0.3) is 0 Å². The number of nitrogens with one attached hydrogen (secondary N) is 1. The van der Waals surface area contributed by atoms with E-state index in [1.807, 2.05) is 4.90 Å². The summed E-state index contributed by atoms with van der Waals surface area (Å²) in [7, 11) is 0. The molecule has 0 aliphatic carbocycles. The molecule has 2 aromatic rings. The zero-order valence-electron chi connectivity index (χ0n) is 15.0. The van der Waals surface area contributed by atoms with Crippen molar-refractivity contribution in [3.63, 3.8) is 0 Å². The second kappa shape index (κ2) is 8.47. The van der Waals surface area contributed by atoms with Crippen LogP contribution in [0.4, 0.5) is 5.69 Å². The van der Waals surface area contributed by atoms with Gasteiger partial charge in [0.2, 0.25) is 5.91 Å². The van der Waals surface area contributed by atoms with Crippen molar-refractivity contribution >= 4 is 17.5 Å². The standard InChI is InChI=1S/C20H24N4O2/c1-16-3-2-4-18(15-16)23-11-13-24(14-12-23)19(25)7-10-22-20(26)17-5-8-21-9-6-17/h2-6,8-9,15H,7,10-14H2,1H3,(H,22,26). The Bertz CT molecular complexity index is 755. The third-order valence-electron chi connectivity index (χ3n) is 4.57. The van der Waals surface area contributed by atoms with Crippen LogP contribution in [-0.2, 0) is 4.79 Å². The van der Waals surface area contributed by atoms with E-state index in [4.69, 9.17) is 0 Å². The largest absolute Gasteiger partial charge is 0.368 e. The molecule has 3 rings (SSSR count). The van der Waals surface area contributed by atoms with E-state index in [0.717, 1.165) is 13.1 Å². The molecule has 0 bridgehead atoms. The number of aromatic nitrogens is 1. The molecule has 2 amide bonds. The third-order valence-corrected chi connectivity index (χ3v) is 4.57. The van der Waals surface area contributed by atoms with Crippen molar-refractivity contribution < 1.29 is 9.59 Å². The van der Waals surface area contributed by atoms with Gasteiger partial charge in [-0.15, -0.1) is 0 Å². The maximum Gasteiger partial charge on any atom is 0.251 e. The molecule has 136 valence electrons. The van der Waals surface area contributed by atoms with Crippen molar-refractivity contribution in [1.29, 1.82) is 0 Å². The van der Waals surface area contributed by atoms with E-state index >= 15 is 0 Å². The highest BCUT2D eigenvalue weighted by molar-refractivity contribution is 5.94. The van der Waals surface area contributed by atoms with Gasteiger partial charge < -0.3 is 15.1 Å². The van der Waals surface area contributed by atoms with E-state index in [1.165, 1.54) is 11.3 Å². The maximum absolute atomic E-state index is 12.4. The summed E-state index contributed by atoms with van der Waals surface area (Å²) in [4.78, 5) is 32.4. The van der Waals surface area contributed by atoms with Crippen molar-refractivity contribution in [2.75, 3.05) is 37.6 Å². The number of carbonyl (C=O) groups is 2. The molecule has 1 saturated heterocycles. The fourth-order valence-electron chi connectivity index (χ4n) is 3.09. The lowest BCUT2D eigenvalue weighted by Gasteiger charge is -2.36. The highest BCUT2D eigenvalue weighted by Crippen LogP contribution is 2.18. The summed E-state index contributed by atoms with van der Waals surface area (Å²) in [5, 5.41) is 2.79. The average Bonchev–Trinajstić information content (AvgIpc) is 2.68. The predicted octanol–water partition coefficient (Wildman–Crippen LogP) is 1.86. The molecule has 26 heavy (non-hydrogen) atoms. The molecule has 1 aromatic carbocycles. The van der Waals surface area contributed by atoms with Gasteiger partial charge in [0.15, 0.2) is 0 Å². The van der Waals surface area contributed by atoms with Crippen LogP contribution in [0.2, 0.25) is 0 Å². The van der Waals surface area contributed by atoms with Crippen LogP contribution in [0.3, 0.4) is 0 Å². The Morgan fingerprint density at radius 1 is 1.08 bits per heavy atom. The molecule has 0 saturated carbocycles. The summed E-state index contributed by atoms with van der Waals surface area (Å²) >= 11 is 0. The first-order valence-electron chi connectivity index (χ1n) is 8.91. The summed E-state index contributed by atoms with van der Waals surface area (Å²) in [6.45, 7) is 5.52. The number of carbonyl (C=O) groups excluding carboxylic acids is 2. The van der Waals surface area contributed by atoms with Crippen molar-refractivity contribution in [3.8, 4) is 0 Å². The Labute approximate surface area is 153 Å². The minimum atomic E-state index is -0.176. The Morgan fingerprint density at radius 3 is 2.50 bits per heavy atom. The van der Waals surface area contributed by atoms with Gasteiger partial charge in [0.1, 0.15) is 0 Å². The molecule has 0 atom stereocenters. The molecule has 1 aromatic heterocycles. The number of benzene rings is 1. The summed E-state index contributed by atoms with van der Waals surface area (Å²) in [5.74, 6) is -0.0895. The Kier molecular flexibility index (Phi) is 5.84. The number of pyridine rings is 1. The third kappa shape index (κ3) is 4.59.